The fourth-order valence-electron chi connectivity index (χ4n) is 1.54. The van der Waals surface area contributed by atoms with Gasteiger partial charge in [-0.15, -0.1) is 0 Å². The summed E-state index contributed by atoms with van der Waals surface area (Å²) in [5, 5.41) is 11.8. The van der Waals surface area contributed by atoms with Crippen molar-refractivity contribution in [3.8, 4) is 0 Å². The third-order valence-electron chi connectivity index (χ3n) is 2.25. The minimum Gasteiger partial charge on any atom is -0.361 e. The standard InChI is InChI=1S/C11H16N6O2/c1-11(2,3)14-9(18)5-12-7-4-8-15-16-10(19)17(8)6-13-7/h4,6,12H,5H2,1-3H3,(H,14,18)(H,16,19). The molecule has 0 aliphatic carbocycles. The molecule has 0 saturated heterocycles. The van der Waals surface area contributed by atoms with Gasteiger partial charge >= 0.3 is 5.69 Å². The maximum atomic E-state index is 11.6. The number of anilines is 1. The van der Waals surface area contributed by atoms with Gasteiger partial charge in [-0.3, -0.25) is 4.79 Å². The van der Waals surface area contributed by atoms with Crippen molar-refractivity contribution in [1.82, 2.24) is 24.9 Å². The normalized spacial score (nSPS) is 11.5. The Morgan fingerprint density at radius 1 is 1.47 bits per heavy atom. The Hall–Kier alpha value is -2.38. The van der Waals surface area contributed by atoms with Crippen molar-refractivity contribution in [3.05, 3.63) is 22.9 Å². The molecule has 0 aliphatic rings. The molecule has 0 radical (unpaired) electrons. The van der Waals surface area contributed by atoms with Crippen molar-refractivity contribution in [2.45, 2.75) is 26.3 Å². The van der Waals surface area contributed by atoms with Crippen LogP contribution in [-0.4, -0.2) is 37.6 Å². The zero-order valence-electron chi connectivity index (χ0n) is 11.0. The minimum absolute atomic E-state index is 0.106. The number of nitrogens with zero attached hydrogens (tertiary/aromatic N) is 3. The first-order valence-electron chi connectivity index (χ1n) is 5.83. The second kappa shape index (κ2) is 4.71. The Kier molecular flexibility index (Phi) is 3.24. The number of hydrogen-bond donors (Lipinski definition) is 3. The van der Waals surface area contributed by atoms with E-state index in [4.69, 9.17) is 0 Å². The molecule has 2 heterocycles. The minimum atomic E-state index is -0.348. The van der Waals surface area contributed by atoms with E-state index in [9.17, 15) is 9.59 Å². The second-order valence-electron chi connectivity index (χ2n) is 5.18. The summed E-state index contributed by atoms with van der Waals surface area (Å²) in [6.07, 6.45) is 1.35. The highest BCUT2D eigenvalue weighted by atomic mass is 16.2. The molecular weight excluding hydrogens is 248 g/mol. The third kappa shape index (κ3) is 3.30. The van der Waals surface area contributed by atoms with Crippen LogP contribution in [-0.2, 0) is 4.79 Å². The summed E-state index contributed by atoms with van der Waals surface area (Å²) in [5.74, 6) is 0.351. The molecule has 0 aromatic carbocycles. The smallest absolute Gasteiger partial charge is 0.348 e. The van der Waals surface area contributed by atoms with E-state index in [2.05, 4.69) is 25.8 Å². The summed E-state index contributed by atoms with van der Waals surface area (Å²) < 4.78 is 1.28. The van der Waals surface area contributed by atoms with Crippen LogP contribution in [0.2, 0.25) is 0 Å². The fraction of sp³-hybridized carbons (Fsp3) is 0.455. The van der Waals surface area contributed by atoms with Gasteiger partial charge in [0, 0.05) is 11.6 Å². The van der Waals surface area contributed by atoms with Gasteiger partial charge in [0.1, 0.15) is 12.1 Å². The lowest BCUT2D eigenvalue weighted by Crippen LogP contribution is -2.43. The molecule has 0 fully saturated rings. The summed E-state index contributed by atoms with van der Waals surface area (Å²) in [5.41, 5.74) is -0.177. The fourth-order valence-corrected chi connectivity index (χ4v) is 1.54. The molecular formula is C11H16N6O2. The van der Waals surface area contributed by atoms with Crippen molar-refractivity contribution in [2.75, 3.05) is 11.9 Å². The van der Waals surface area contributed by atoms with Gasteiger partial charge in [0.2, 0.25) is 5.91 Å². The lowest BCUT2D eigenvalue weighted by atomic mass is 10.1. The Morgan fingerprint density at radius 2 is 2.21 bits per heavy atom. The Morgan fingerprint density at radius 3 is 2.89 bits per heavy atom. The van der Waals surface area contributed by atoms with Gasteiger partial charge in [-0.25, -0.2) is 19.3 Å². The van der Waals surface area contributed by atoms with Crippen molar-refractivity contribution >= 4 is 17.4 Å². The van der Waals surface area contributed by atoms with Crippen molar-refractivity contribution in [3.63, 3.8) is 0 Å². The lowest BCUT2D eigenvalue weighted by molar-refractivity contribution is -0.120. The number of carbonyl (C=O) groups is 1. The van der Waals surface area contributed by atoms with Gasteiger partial charge in [0.15, 0.2) is 5.65 Å². The van der Waals surface area contributed by atoms with Gasteiger partial charge in [0.25, 0.3) is 0 Å². The number of rotatable bonds is 3. The van der Waals surface area contributed by atoms with Crippen LogP contribution in [0.3, 0.4) is 0 Å². The number of nitrogens with one attached hydrogen (secondary N) is 3. The average Bonchev–Trinajstić information content (AvgIpc) is 2.66. The third-order valence-corrected chi connectivity index (χ3v) is 2.25. The maximum Gasteiger partial charge on any atom is 0.348 e. The molecule has 0 spiro atoms. The van der Waals surface area contributed by atoms with E-state index in [1.807, 2.05) is 20.8 Å². The molecule has 8 heteroatoms. The predicted molar refractivity (Wildman–Crippen MR) is 70.0 cm³/mol. The second-order valence-corrected chi connectivity index (χ2v) is 5.18. The first-order valence-corrected chi connectivity index (χ1v) is 5.83. The van der Waals surface area contributed by atoms with Gasteiger partial charge in [-0.05, 0) is 20.8 Å². The van der Waals surface area contributed by atoms with E-state index in [-0.39, 0.29) is 23.7 Å². The highest BCUT2D eigenvalue weighted by Crippen LogP contribution is 2.04. The monoisotopic (exact) mass is 264 g/mol. The summed E-state index contributed by atoms with van der Waals surface area (Å²) in [4.78, 5) is 26.9. The van der Waals surface area contributed by atoms with Gasteiger partial charge in [-0.1, -0.05) is 0 Å². The molecule has 2 rings (SSSR count). The molecule has 0 saturated carbocycles. The van der Waals surface area contributed by atoms with Gasteiger partial charge < -0.3 is 10.6 Å². The summed E-state index contributed by atoms with van der Waals surface area (Å²) in [6, 6.07) is 1.59. The van der Waals surface area contributed by atoms with E-state index in [0.717, 1.165) is 0 Å². The Labute approximate surface area is 109 Å². The molecule has 0 bridgehead atoms. The number of amides is 1. The van der Waals surface area contributed by atoms with Crippen LogP contribution in [0.25, 0.3) is 5.65 Å². The molecule has 1 amide bonds. The molecule has 0 unspecified atom stereocenters. The first kappa shape index (κ1) is 13.1. The van der Waals surface area contributed by atoms with Crippen LogP contribution in [0, 0.1) is 0 Å². The van der Waals surface area contributed by atoms with E-state index in [1.54, 1.807) is 6.07 Å². The zero-order chi connectivity index (χ0) is 14.0. The predicted octanol–water partition coefficient (Wildman–Crippen LogP) is -0.256. The van der Waals surface area contributed by atoms with Gasteiger partial charge in [0.05, 0.1) is 6.54 Å². The van der Waals surface area contributed by atoms with Crippen LogP contribution >= 0.6 is 0 Å². The van der Waals surface area contributed by atoms with E-state index in [1.165, 1.54) is 10.7 Å². The molecule has 102 valence electrons. The van der Waals surface area contributed by atoms with Crippen molar-refractivity contribution in [2.24, 2.45) is 0 Å². The zero-order valence-corrected chi connectivity index (χ0v) is 11.0. The lowest BCUT2D eigenvalue weighted by Gasteiger charge is -2.20. The summed E-state index contributed by atoms with van der Waals surface area (Å²) in [6.45, 7) is 5.83. The molecule has 2 aromatic heterocycles. The van der Waals surface area contributed by atoms with Crippen LogP contribution in [0.5, 0.6) is 0 Å². The highest BCUT2D eigenvalue weighted by molar-refractivity contribution is 5.81. The summed E-state index contributed by atoms with van der Waals surface area (Å²) in [7, 11) is 0. The number of aromatic amines is 1. The number of H-pyrrole nitrogens is 1. The van der Waals surface area contributed by atoms with E-state index in [0.29, 0.717) is 11.5 Å². The number of hydrogen-bond acceptors (Lipinski definition) is 5. The SMILES string of the molecule is CC(C)(C)NC(=O)CNc1cc2n[nH]c(=O)n2cn1. The number of fused-ring (bicyclic) bond motifs is 1. The largest absolute Gasteiger partial charge is 0.361 e. The average molecular weight is 264 g/mol. The molecule has 8 nitrogen and oxygen atoms in total. The Balaban J connectivity index is 2.02. The van der Waals surface area contributed by atoms with Crippen molar-refractivity contribution < 1.29 is 4.79 Å². The molecule has 19 heavy (non-hydrogen) atoms. The maximum absolute atomic E-state index is 11.6. The van der Waals surface area contributed by atoms with Crippen LogP contribution in [0.15, 0.2) is 17.2 Å². The topological polar surface area (TPSA) is 104 Å². The van der Waals surface area contributed by atoms with E-state index < -0.39 is 0 Å². The first-order chi connectivity index (χ1) is 8.85. The number of aromatic nitrogens is 4. The molecule has 0 aliphatic heterocycles. The summed E-state index contributed by atoms with van der Waals surface area (Å²) >= 11 is 0. The van der Waals surface area contributed by atoms with Crippen LogP contribution in [0.1, 0.15) is 20.8 Å². The van der Waals surface area contributed by atoms with Crippen LogP contribution in [0.4, 0.5) is 5.82 Å². The van der Waals surface area contributed by atoms with Crippen LogP contribution < -0.4 is 16.3 Å². The highest BCUT2D eigenvalue weighted by Gasteiger charge is 2.13. The van der Waals surface area contributed by atoms with Crippen molar-refractivity contribution in [1.29, 1.82) is 0 Å². The van der Waals surface area contributed by atoms with Gasteiger partial charge in [-0.2, -0.15) is 5.10 Å². The molecule has 3 N–H and O–H groups in total. The Bertz CT molecular complexity index is 651. The van der Waals surface area contributed by atoms with E-state index >= 15 is 0 Å². The molecule has 2 aromatic rings. The molecule has 0 atom stereocenters. The number of carbonyl (C=O) groups excluding carboxylic acids is 1. The quantitative estimate of drug-likeness (QED) is 0.708.